The number of ketones is 1. The number of rotatable bonds is 5. The van der Waals surface area contributed by atoms with Crippen LogP contribution in [0.25, 0.3) is 0 Å². The summed E-state index contributed by atoms with van der Waals surface area (Å²) in [5.74, 6) is -0.360. The van der Waals surface area contributed by atoms with Gasteiger partial charge in [0.1, 0.15) is 0 Å². The van der Waals surface area contributed by atoms with Crippen molar-refractivity contribution in [2.24, 2.45) is 0 Å². The highest BCUT2D eigenvalue weighted by molar-refractivity contribution is 7.92. The van der Waals surface area contributed by atoms with Gasteiger partial charge in [0.25, 0.3) is 0 Å². The van der Waals surface area contributed by atoms with Gasteiger partial charge in [0.15, 0.2) is 5.78 Å². The molecule has 4 nitrogen and oxygen atoms in total. The zero-order valence-corrected chi connectivity index (χ0v) is 12.9. The first-order valence-electron chi connectivity index (χ1n) is 6.33. The van der Waals surface area contributed by atoms with Crippen molar-refractivity contribution < 1.29 is 13.2 Å². The fourth-order valence-electron chi connectivity index (χ4n) is 1.78. The molecule has 0 aliphatic rings. The van der Waals surface area contributed by atoms with Gasteiger partial charge >= 0.3 is 0 Å². The van der Waals surface area contributed by atoms with Crippen molar-refractivity contribution in [1.82, 2.24) is 0 Å². The highest BCUT2D eigenvalue weighted by Crippen LogP contribution is 2.24. The predicted octanol–water partition coefficient (Wildman–Crippen LogP) is 3.33. The molecule has 0 amide bonds. The van der Waals surface area contributed by atoms with Crippen molar-refractivity contribution in [2.45, 2.75) is 6.92 Å². The van der Waals surface area contributed by atoms with Crippen LogP contribution in [0, 0.1) is 0 Å². The van der Waals surface area contributed by atoms with Crippen LogP contribution in [0.4, 0.5) is 5.69 Å². The first-order chi connectivity index (χ1) is 9.93. The van der Waals surface area contributed by atoms with Gasteiger partial charge in [-0.1, -0.05) is 41.9 Å². The molecule has 1 N–H and O–H groups in total. The monoisotopic (exact) mass is 323 g/mol. The molecule has 0 aromatic heterocycles. The smallest absolute Gasteiger partial charge is 0.232 e. The van der Waals surface area contributed by atoms with Gasteiger partial charge in [-0.05, 0) is 25.1 Å². The fourth-order valence-corrected chi connectivity index (χ4v) is 2.61. The number of halogens is 1. The number of benzene rings is 2. The summed E-state index contributed by atoms with van der Waals surface area (Å²) < 4.78 is 25.8. The summed E-state index contributed by atoms with van der Waals surface area (Å²) >= 11 is 5.92. The van der Waals surface area contributed by atoms with Crippen LogP contribution in [0.15, 0.2) is 48.5 Å². The van der Waals surface area contributed by atoms with E-state index in [4.69, 9.17) is 11.6 Å². The maximum Gasteiger partial charge on any atom is 0.232 e. The summed E-state index contributed by atoms with van der Waals surface area (Å²) in [4.78, 5) is 12.5. The van der Waals surface area contributed by atoms with Crippen LogP contribution >= 0.6 is 11.6 Å². The van der Waals surface area contributed by atoms with Crippen molar-refractivity contribution in [3.05, 3.63) is 64.7 Å². The van der Waals surface area contributed by atoms with E-state index in [-0.39, 0.29) is 22.8 Å². The molecule has 0 aliphatic heterocycles. The summed E-state index contributed by atoms with van der Waals surface area (Å²) in [7, 11) is -3.47. The largest absolute Gasteiger partial charge is 0.289 e. The third-order valence-electron chi connectivity index (χ3n) is 2.91. The quantitative estimate of drug-likeness (QED) is 0.858. The zero-order valence-electron chi connectivity index (χ0n) is 11.3. The molecule has 21 heavy (non-hydrogen) atoms. The standard InChI is InChI=1S/C15H14ClNO3S/c1-2-21(19,20)17-14-9-8-12(16)10-13(14)15(18)11-6-4-3-5-7-11/h3-10,17H,2H2,1H3. The second-order valence-corrected chi connectivity index (χ2v) is 6.84. The molecule has 0 saturated carbocycles. The van der Waals surface area contributed by atoms with Gasteiger partial charge in [-0.25, -0.2) is 8.42 Å². The second kappa shape index (κ2) is 6.28. The molecule has 0 bridgehead atoms. The van der Waals surface area contributed by atoms with Crippen LogP contribution in [-0.2, 0) is 10.0 Å². The van der Waals surface area contributed by atoms with E-state index in [1.54, 1.807) is 30.3 Å². The lowest BCUT2D eigenvalue weighted by atomic mass is 10.0. The Morgan fingerprint density at radius 3 is 2.43 bits per heavy atom. The van der Waals surface area contributed by atoms with E-state index in [1.807, 2.05) is 0 Å². The molecule has 0 fully saturated rings. The number of nitrogens with one attached hydrogen (secondary N) is 1. The predicted molar refractivity (Wildman–Crippen MR) is 84.4 cm³/mol. The van der Waals surface area contributed by atoms with Crippen LogP contribution in [0.3, 0.4) is 0 Å². The lowest BCUT2D eigenvalue weighted by molar-refractivity contribution is 0.103. The topological polar surface area (TPSA) is 63.2 Å². The van der Waals surface area contributed by atoms with Crippen LogP contribution in [0.5, 0.6) is 0 Å². The number of hydrogen-bond donors (Lipinski definition) is 1. The first kappa shape index (κ1) is 15.5. The number of carbonyl (C=O) groups is 1. The van der Waals surface area contributed by atoms with Gasteiger partial charge in [0.2, 0.25) is 10.0 Å². The minimum absolute atomic E-state index is 0.0748. The Bertz CT molecular complexity index is 758. The average molecular weight is 324 g/mol. The van der Waals surface area contributed by atoms with E-state index >= 15 is 0 Å². The molecule has 0 atom stereocenters. The molecular weight excluding hydrogens is 310 g/mol. The molecule has 0 spiro atoms. The van der Waals surface area contributed by atoms with Gasteiger partial charge in [0, 0.05) is 16.1 Å². The van der Waals surface area contributed by atoms with Crippen LogP contribution < -0.4 is 4.72 Å². The molecule has 6 heteroatoms. The summed E-state index contributed by atoms with van der Waals surface area (Å²) in [6.45, 7) is 1.52. The molecule has 0 radical (unpaired) electrons. The molecule has 0 saturated heterocycles. The Labute approximate surface area is 128 Å². The van der Waals surface area contributed by atoms with Gasteiger partial charge in [0.05, 0.1) is 11.4 Å². The Hall–Kier alpha value is -1.85. The maximum absolute atomic E-state index is 12.5. The lowest BCUT2D eigenvalue weighted by Gasteiger charge is -2.11. The molecule has 2 aromatic carbocycles. The van der Waals surface area contributed by atoms with E-state index < -0.39 is 10.0 Å². The normalized spacial score (nSPS) is 11.1. The number of anilines is 1. The lowest BCUT2D eigenvalue weighted by Crippen LogP contribution is -2.17. The van der Waals surface area contributed by atoms with Crippen LogP contribution in [-0.4, -0.2) is 20.0 Å². The molecule has 110 valence electrons. The van der Waals surface area contributed by atoms with Crippen molar-refractivity contribution in [3.8, 4) is 0 Å². The van der Waals surface area contributed by atoms with Gasteiger partial charge in [-0.3, -0.25) is 9.52 Å². The van der Waals surface area contributed by atoms with Gasteiger partial charge in [-0.2, -0.15) is 0 Å². The Balaban J connectivity index is 2.47. The van der Waals surface area contributed by atoms with E-state index in [2.05, 4.69) is 4.72 Å². The number of hydrogen-bond acceptors (Lipinski definition) is 3. The van der Waals surface area contributed by atoms with Crippen molar-refractivity contribution in [3.63, 3.8) is 0 Å². The number of sulfonamides is 1. The second-order valence-electron chi connectivity index (χ2n) is 4.39. The van der Waals surface area contributed by atoms with Crippen LogP contribution in [0.1, 0.15) is 22.8 Å². The Morgan fingerprint density at radius 1 is 1.14 bits per heavy atom. The first-order valence-corrected chi connectivity index (χ1v) is 8.36. The summed E-state index contributed by atoms with van der Waals surface area (Å²) in [5, 5.41) is 0.369. The molecule has 0 heterocycles. The Kier molecular flexibility index (Phi) is 4.65. The van der Waals surface area contributed by atoms with Gasteiger partial charge in [-0.15, -0.1) is 0 Å². The van der Waals surface area contributed by atoms with E-state index in [0.717, 1.165) is 0 Å². The number of carbonyl (C=O) groups excluding carboxylic acids is 1. The van der Waals surface area contributed by atoms with Crippen molar-refractivity contribution in [2.75, 3.05) is 10.5 Å². The van der Waals surface area contributed by atoms with E-state index in [1.165, 1.54) is 25.1 Å². The van der Waals surface area contributed by atoms with Crippen molar-refractivity contribution >= 4 is 33.1 Å². The van der Waals surface area contributed by atoms with E-state index in [9.17, 15) is 13.2 Å². The minimum Gasteiger partial charge on any atom is -0.289 e. The SMILES string of the molecule is CCS(=O)(=O)Nc1ccc(Cl)cc1C(=O)c1ccccc1. The highest BCUT2D eigenvalue weighted by Gasteiger charge is 2.17. The van der Waals surface area contributed by atoms with Crippen LogP contribution in [0.2, 0.25) is 5.02 Å². The molecule has 0 unspecified atom stereocenters. The summed E-state index contributed by atoms with van der Waals surface area (Å²) in [5.41, 5.74) is 0.928. The molecule has 0 aliphatic carbocycles. The third kappa shape index (κ3) is 3.83. The molecule has 2 aromatic rings. The Morgan fingerprint density at radius 2 is 1.81 bits per heavy atom. The average Bonchev–Trinajstić information content (AvgIpc) is 2.49. The molecule has 2 rings (SSSR count). The van der Waals surface area contributed by atoms with Crippen molar-refractivity contribution in [1.29, 1.82) is 0 Å². The minimum atomic E-state index is -3.47. The van der Waals surface area contributed by atoms with E-state index in [0.29, 0.717) is 10.6 Å². The van der Waals surface area contributed by atoms with Gasteiger partial charge < -0.3 is 0 Å². The summed E-state index contributed by atoms with van der Waals surface area (Å²) in [6.07, 6.45) is 0. The third-order valence-corrected chi connectivity index (χ3v) is 4.43. The zero-order chi connectivity index (χ0) is 15.5. The summed E-state index contributed by atoms with van der Waals surface area (Å²) in [6, 6.07) is 13.1. The fraction of sp³-hybridized carbons (Fsp3) is 0.133. The molecular formula is C15H14ClNO3S. The maximum atomic E-state index is 12.5. The highest BCUT2D eigenvalue weighted by atomic mass is 35.5.